The van der Waals surface area contributed by atoms with Crippen molar-refractivity contribution in [3.05, 3.63) is 35.9 Å². The van der Waals surface area contributed by atoms with Gasteiger partial charge < -0.3 is 9.47 Å². The molecule has 0 aliphatic carbocycles. The van der Waals surface area contributed by atoms with Gasteiger partial charge in [0.1, 0.15) is 12.7 Å². The van der Waals surface area contributed by atoms with E-state index in [1.807, 2.05) is 30.3 Å². The number of methoxy groups -OCH3 is 2. The lowest BCUT2D eigenvalue weighted by molar-refractivity contribution is -0.132. The summed E-state index contributed by atoms with van der Waals surface area (Å²) in [5.74, 6) is -0.0242. The van der Waals surface area contributed by atoms with E-state index in [1.165, 1.54) is 7.11 Å². The molecule has 0 spiro atoms. The van der Waals surface area contributed by atoms with Crippen LogP contribution in [0.3, 0.4) is 0 Å². The van der Waals surface area contributed by atoms with Crippen LogP contribution in [0.2, 0.25) is 0 Å². The Bertz CT molecular complexity index is 295. The van der Waals surface area contributed by atoms with Gasteiger partial charge in [0, 0.05) is 20.6 Å². The quantitative estimate of drug-likeness (QED) is 0.710. The summed E-state index contributed by atoms with van der Waals surface area (Å²) in [6.07, 6.45) is 0.187. The molecule has 1 aromatic rings. The van der Waals surface area contributed by atoms with Crippen molar-refractivity contribution in [1.29, 1.82) is 0 Å². The summed E-state index contributed by atoms with van der Waals surface area (Å²) in [7, 11) is 3.05. The van der Waals surface area contributed by atoms with Gasteiger partial charge in [-0.15, -0.1) is 0 Å². The van der Waals surface area contributed by atoms with Crippen LogP contribution in [0.15, 0.2) is 30.3 Å². The number of rotatable bonds is 6. The van der Waals surface area contributed by atoms with Crippen molar-refractivity contribution in [2.75, 3.05) is 20.8 Å². The topological polar surface area (TPSA) is 35.5 Å². The maximum absolute atomic E-state index is 11.5. The van der Waals surface area contributed by atoms with Gasteiger partial charge in [0.25, 0.3) is 0 Å². The molecule has 3 heteroatoms. The van der Waals surface area contributed by atoms with Crippen LogP contribution in [0.5, 0.6) is 0 Å². The molecule has 0 aromatic heterocycles. The smallest absolute Gasteiger partial charge is 0.187 e. The Balaban J connectivity index is 2.58. The third-order valence-electron chi connectivity index (χ3n) is 2.19. The van der Waals surface area contributed by atoms with Crippen LogP contribution < -0.4 is 0 Å². The highest BCUT2D eigenvalue weighted by Gasteiger charge is 2.17. The zero-order chi connectivity index (χ0) is 11.1. The Hall–Kier alpha value is -1.19. The van der Waals surface area contributed by atoms with E-state index < -0.39 is 6.10 Å². The number of benzene rings is 1. The summed E-state index contributed by atoms with van der Waals surface area (Å²) in [5, 5.41) is 0. The number of Topliss-reactive ketones (excluding diaryl/α,β-unsaturated/α-hetero) is 1. The first kappa shape index (κ1) is 11.9. The molecule has 0 aliphatic heterocycles. The second kappa shape index (κ2) is 6.32. The van der Waals surface area contributed by atoms with Gasteiger partial charge in [-0.1, -0.05) is 30.3 Å². The number of carbonyl (C=O) groups excluding carboxylic acids is 1. The minimum absolute atomic E-state index is 0.0242. The van der Waals surface area contributed by atoms with E-state index in [4.69, 9.17) is 9.47 Å². The number of ketones is 1. The van der Waals surface area contributed by atoms with Crippen molar-refractivity contribution in [2.45, 2.75) is 12.5 Å². The van der Waals surface area contributed by atoms with Gasteiger partial charge in [-0.3, -0.25) is 4.79 Å². The number of hydrogen-bond acceptors (Lipinski definition) is 3. The molecule has 0 fully saturated rings. The predicted molar refractivity (Wildman–Crippen MR) is 57.8 cm³/mol. The molecule has 1 aromatic carbocycles. The molecule has 1 rings (SSSR count). The molecule has 0 amide bonds. The lowest BCUT2D eigenvalue weighted by Gasteiger charge is -2.13. The Morgan fingerprint density at radius 1 is 1.27 bits per heavy atom. The minimum atomic E-state index is -0.410. The van der Waals surface area contributed by atoms with E-state index in [-0.39, 0.29) is 12.4 Å². The van der Waals surface area contributed by atoms with Crippen LogP contribution in [0, 0.1) is 0 Å². The number of hydrogen-bond donors (Lipinski definition) is 0. The number of carbonyl (C=O) groups is 1. The fourth-order valence-corrected chi connectivity index (χ4v) is 1.39. The third-order valence-corrected chi connectivity index (χ3v) is 2.19. The lowest BCUT2D eigenvalue weighted by Crippen LogP contribution is -2.28. The summed E-state index contributed by atoms with van der Waals surface area (Å²) < 4.78 is 9.93. The van der Waals surface area contributed by atoms with E-state index >= 15 is 0 Å². The van der Waals surface area contributed by atoms with Crippen molar-refractivity contribution in [3.63, 3.8) is 0 Å². The SMILES string of the molecule is COCC(=O)C(Cc1ccccc1)OC. The molecule has 1 atom stereocenters. The van der Waals surface area contributed by atoms with Crippen molar-refractivity contribution >= 4 is 5.78 Å². The lowest BCUT2D eigenvalue weighted by atomic mass is 10.1. The zero-order valence-corrected chi connectivity index (χ0v) is 9.10. The van der Waals surface area contributed by atoms with E-state index in [9.17, 15) is 4.79 Å². The van der Waals surface area contributed by atoms with Crippen LogP contribution >= 0.6 is 0 Å². The van der Waals surface area contributed by atoms with Crippen LogP contribution in [0.1, 0.15) is 5.56 Å². The largest absolute Gasteiger partial charge is 0.377 e. The van der Waals surface area contributed by atoms with Crippen LogP contribution in [0.25, 0.3) is 0 Å². The monoisotopic (exact) mass is 208 g/mol. The van der Waals surface area contributed by atoms with Gasteiger partial charge in [-0.05, 0) is 5.56 Å². The predicted octanol–water partition coefficient (Wildman–Crippen LogP) is 1.46. The van der Waals surface area contributed by atoms with Gasteiger partial charge >= 0.3 is 0 Å². The second-order valence-corrected chi connectivity index (χ2v) is 3.31. The van der Waals surface area contributed by atoms with E-state index in [0.29, 0.717) is 6.42 Å². The fraction of sp³-hybridized carbons (Fsp3) is 0.417. The Kier molecular flexibility index (Phi) is 5.01. The van der Waals surface area contributed by atoms with Crippen LogP contribution in [-0.4, -0.2) is 32.7 Å². The van der Waals surface area contributed by atoms with E-state index in [1.54, 1.807) is 7.11 Å². The van der Waals surface area contributed by atoms with Gasteiger partial charge in [0.15, 0.2) is 5.78 Å². The van der Waals surface area contributed by atoms with Crippen molar-refractivity contribution in [3.8, 4) is 0 Å². The second-order valence-electron chi connectivity index (χ2n) is 3.31. The molecule has 82 valence electrons. The molecular formula is C12H16O3. The highest BCUT2D eigenvalue weighted by atomic mass is 16.5. The minimum Gasteiger partial charge on any atom is -0.377 e. The molecule has 0 saturated heterocycles. The summed E-state index contributed by atoms with van der Waals surface area (Å²) in [6, 6.07) is 9.80. The maximum atomic E-state index is 11.5. The van der Waals surface area contributed by atoms with Gasteiger partial charge in [-0.2, -0.15) is 0 Å². The maximum Gasteiger partial charge on any atom is 0.187 e. The van der Waals surface area contributed by atoms with E-state index in [0.717, 1.165) is 5.56 Å². The first-order valence-electron chi connectivity index (χ1n) is 4.86. The molecule has 0 heterocycles. The fourth-order valence-electron chi connectivity index (χ4n) is 1.39. The summed E-state index contributed by atoms with van der Waals surface area (Å²) in [5.41, 5.74) is 1.09. The van der Waals surface area contributed by atoms with Gasteiger partial charge in [-0.25, -0.2) is 0 Å². The normalized spacial score (nSPS) is 12.4. The molecule has 0 aliphatic rings. The van der Waals surface area contributed by atoms with Crippen molar-refractivity contribution in [2.24, 2.45) is 0 Å². The van der Waals surface area contributed by atoms with Crippen LogP contribution in [-0.2, 0) is 20.7 Å². The van der Waals surface area contributed by atoms with Crippen molar-refractivity contribution in [1.82, 2.24) is 0 Å². The third kappa shape index (κ3) is 3.81. The average Bonchev–Trinajstić information content (AvgIpc) is 2.27. The molecular weight excluding hydrogens is 192 g/mol. The Morgan fingerprint density at radius 3 is 2.47 bits per heavy atom. The highest BCUT2D eigenvalue weighted by molar-refractivity contribution is 5.84. The van der Waals surface area contributed by atoms with Crippen LogP contribution in [0.4, 0.5) is 0 Å². The molecule has 0 N–H and O–H groups in total. The van der Waals surface area contributed by atoms with Gasteiger partial charge in [0.2, 0.25) is 0 Å². The van der Waals surface area contributed by atoms with Crippen molar-refractivity contribution < 1.29 is 14.3 Å². The molecule has 0 bridgehead atoms. The average molecular weight is 208 g/mol. The summed E-state index contributed by atoms with van der Waals surface area (Å²) >= 11 is 0. The standard InChI is InChI=1S/C12H16O3/c1-14-9-11(13)12(15-2)8-10-6-4-3-5-7-10/h3-7,12H,8-9H2,1-2H3. The van der Waals surface area contributed by atoms with E-state index in [2.05, 4.69) is 0 Å². The zero-order valence-electron chi connectivity index (χ0n) is 9.10. The number of ether oxygens (including phenoxy) is 2. The molecule has 0 radical (unpaired) electrons. The molecule has 1 unspecified atom stereocenters. The van der Waals surface area contributed by atoms with Gasteiger partial charge in [0.05, 0.1) is 0 Å². The molecule has 3 nitrogen and oxygen atoms in total. The Morgan fingerprint density at radius 2 is 1.93 bits per heavy atom. The molecule has 0 saturated carbocycles. The highest BCUT2D eigenvalue weighted by Crippen LogP contribution is 2.06. The Labute approximate surface area is 90.0 Å². The summed E-state index contributed by atoms with van der Waals surface area (Å²) in [6.45, 7) is 0.103. The summed E-state index contributed by atoms with van der Waals surface area (Å²) in [4.78, 5) is 11.5. The molecule has 15 heavy (non-hydrogen) atoms. The first-order valence-corrected chi connectivity index (χ1v) is 4.86. The first-order chi connectivity index (χ1) is 7.27.